The van der Waals surface area contributed by atoms with Crippen LogP contribution < -0.4 is 10.1 Å². The fourth-order valence-electron chi connectivity index (χ4n) is 2.06. The van der Waals surface area contributed by atoms with Crippen molar-refractivity contribution in [3.05, 3.63) is 63.4 Å². The van der Waals surface area contributed by atoms with Gasteiger partial charge in [-0.3, -0.25) is 0 Å². The van der Waals surface area contributed by atoms with E-state index < -0.39 is 5.82 Å². The summed E-state index contributed by atoms with van der Waals surface area (Å²) >= 11 is 12.1. The van der Waals surface area contributed by atoms with E-state index in [0.29, 0.717) is 17.1 Å². The Morgan fingerprint density at radius 2 is 1.81 bits per heavy atom. The van der Waals surface area contributed by atoms with Gasteiger partial charge in [-0.2, -0.15) is 0 Å². The minimum Gasteiger partial charge on any atom is -0.497 e. The monoisotopic (exact) mass is 327 g/mol. The fourth-order valence-corrected chi connectivity index (χ4v) is 2.75. The van der Waals surface area contributed by atoms with Crippen LogP contribution in [-0.2, 0) is 6.54 Å². The summed E-state index contributed by atoms with van der Waals surface area (Å²) in [6.45, 7) is 2.52. The van der Waals surface area contributed by atoms with Crippen molar-refractivity contribution in [2.45, 2.75) is 19.5 Å². The molecule has 0 saturated heterocycles. The molecule has 0 radical (unpaired) electrons. The predicted octanol–water partition coefficient (Wildman–Crippen LogP) is 4.99. The molecule has 0 heterocycles. The second-order valence-electron chi connectivity index (χ2n) is 4.71. The molecule has 0 aliphatic heterocycles. The van der Waals surface area contributed by atoms with Crippen molar-refractivity contribution >= 4 is 23.2 Å². The SMILES string of the molecule is COc1ccc(CNC(C)c2c(Cl)ccc(F)c2Cl)cc1. The van der Waals surface area contributed by atoms with Crippen molar-refractivity contribution in [1.82, 2.24) is 5.32 Å². The maximum atomic E-state index is 13.5. The van der Waals surface area contributed by atoms with Gasteiger partial charge in [-0.1, -0.05) is 35.3 Å². The Morgan fingerprint density at radius 1 is 1.14 bits per heavy atom. The van der Waals surface area contributed by atoms with Crippen LogP contribution in [0.5, 0.6) is 5.75 Å². The van der Waals surface area contributed by atoms with Crippen LogP contribution in [-0.4, -0.2) is 7.11 Å². The van der Waals surface area contributed by atoms with Gasteiger partial charge >= 0.3 is 0 Å². The van der Waals surface area contributed by atoms with Crippen LogP contribution >= 0.6 is 23.2 Å². The van der Waals surface area contributed by atoms with Crippen molar-refractivity contribution in [2.75, 3.05) is 7.11 Å². The van der Waals surface area contributed by atoms with E-state index in [1.165, 1.54) is 12.1 Å². The van der Waals surface area contributed by atoms with Gasteiger partial charge in [0.15, 0.2) is 0 Å². The van der Waals surface area contributed by atoms with E-state index in [1.54, 1.807) is 7.11 Å². The summed E-state index contributed by atoms with van der Waals surface area (Å²) in [6, 6.07) is 10.3. The van der Waals surface area contributed by atoms with Crippen LogP contribution in [0, 0.1) is 5.82 Å². The lowest BCUT2D eigenvalue weighted by Gasteiger charge is -2.17. The molecular formula is C16H16Cl2FNO. The molecule has 21 heavy (non-hydrogen) atoms. The molecule has 2 nitrogen and oxygen atoms in total. The lowest BCUT2D eigenvalue weighted by atomic mass is 10.1. The van der Waals surface area contributed by atoms with Crippen LogP contribution in [0.4, 0.5) is 4.39 Å². The Balaban J connectivity index is 2.08. The summed E-state index contributed by atoms with van der Waals surface area (Å²) in [5.74, 6) is 0.345. The van der Waals surface area contributed by atoms with Gasteiger partial charge in [0.05, 0.1) is 12.1 Å². The van der Waals surface area contributed by atoms with Crippen LogP contribution in [0.25, 0.3) is 0 Å². The maximum Gasteiger partial charge on any atom is 0.142 e. The summed E-state index contributed by atoms with van der Waals surface area (Å²) in [5, 5.41) is 3.81. The van der Waals surface area contributed by atoms with Crippen LogP contribution in [0.3, 0.4) is 0 Å². The molecule has 112 valence electrons. The Kier molecular flexibility index (Phi) is 5.45. The molecule has 0 aromatic heterocycles. The molecule has 1 atom stereocenters. The van der Waals surface area contributed by atoms with E-state index in [4.69, 9.17) is 27.9 Å². The van der Waals surface area contributed by atoms with Gasteiger partial charge in [-0.05, 0) is 36.8 Å². The molecule has 5 heteroatoms. The molecule has 1 N–H and O–H groups in total. The van der Waals surface area contributed by atoms with E-state index in [1.807, 2.05) is 31.2 Å². The molecule has 0 saturated carbocycles. The van der Waals surface area contributed by atoms with Gasteiger partial charge in [-0.25, -0.2) is 4.39 Å². The average molecular weight is 328 g/mol. The number of nitrogens with one attached hydrogen (secondary N) is 1. The molecule has 0 bridgehead atoms. The highest BCUT2D eigenvalue weighted by Crippen LogP contribution is 2.32. The van der Waals surface area contributed by atoms with Crippen molar-refractivity contribution in [2.24, 2.45) is 0 Å². The zero-order valence-corrected chi connectivity index (χ0v) is 13.3. The van der Waals surface area contributed by atoms with Gasteiger partial charge in [-0.15, -0.1) is 0 Å². The molecule has 1 unspecified atom stereocenters. The van der Waals surface area contributed by atoms with Crippen LogP contribution in [0.15, 0.2) is 36.4 Å². The summed E-state index contributed by atoms with van der Waals surface area (Å²) in [7, 11) is 1.63. The molecule has 2 aromatic carbocycles. The zero-order valence-electron chi connectivity index (χ0n) is 11.8. The molecule has 0 aliphatic rings. The van der Waals surface area contributed by atoms with Gasteiger partial charge < -0.3 is 10.1 Å². The van der Waals surface area contributed by atoms with E-state index >= 15 is 0 Å². The highest BCUT2D eigenvalue weighted by Gasteiger charge is 2.16. The van der Waals surface area contributed by atoms with Crippen molar-refractivity contribution < 1.29 is 9.13 Å². The predicted molar refractivity (Wildman–Crippen MR) is 84.7 cm³/mol. The maximum absolute atomic E-state index is 13.5. The van der Waals surface area contributed by atoms with Gasteiger partial charge in [0.25, 0.3) is 0 Å². The van der Waals surface area contributed by atoms with Crippen molar-refractivity contribution in [1.29, 1.82) is 0 Å². The third-order valence-corrected chi connectivity index (χ3v) is 4.00. The Labute approximate surface area is 133 Å². The summed E-state index contributed by atoms with van der Waals surface area (Å²) in [5.41, 5.74) is 1.66. The summed E-state index contributed by atoms with van der Waals surface area (Å²) < 4.78 is 18.6. The average Bonchev–Trinajstić information content (AvgIpc) is 2.50. The number of hydrogen-bond acceptors (Lipinski definition) is 2. The van der Waals surface area contributed by atoms with Crippen molar-refractivity contribution in [3.63, 3.8) is 0 Å². The fraction of sp³-hybridized carbons (Fsp3) is 0.250. The lowest BCUT2D eigenvalue weighted by molar-refractivity contribution is 0.414. The van der Waals surface area contributed by atoms with E-state index in [9.17, 15) is 4.39 Å². The topological polar surface area (TPSA) is 21.3 Å². The first-order valence-electron chi connectivity index (χ1n) is 6.52. The zero-order chi connectivity index (χ0) is 15.4. The Morgan fingerprint density at radius 3 is 2.43 bits per heavy atom. The minimum absolute atomic E-state index is 0.0669. The van der Waals surface area contributed by atoms with Gasteiger partial charge in [0, 0.05) is 23.2 Å². The highest BCUT2D eigenvalue weighted by molar-refractivity contribution is 6.36. The molecule has 2 aromatic rings. The first kappa shape index (κ1) is 16.1. The third-order valence-electron chi connectivity index (χ3n) is 3.28. The quantitative estimate of drug-likeness (QED) is 0.781. The second kappa shape index (κ2) is 7.12. The smallest absolute Gasteiger partial charge is 0.142 e. The van der Waals surface area contributed by atoms with Gasteiger partial charge in [0.1, 0.15) is 11.6 Å². The molecule has 2 rings (SSSR count). The van der Waals surface area contributed by atoms with Crippen molar-refractivity contribution in [3.8, 4) is 5.75 Å². The normalized spacial score (nSPS) is 12.2. The largest absolute Gasteiger partial charge is 0.497 e. The first-order chi connectivity index (χ1) is 10.0. The molecule has 0 spiro atoms. The standard InChI is InChI=1S/C16H16Cl2FNO/c1-10(15-13(17)7-8-14(19)16(15)18)20-9-11-3-5-12(21-2)6-4-11/h3-8,10,20H,9H2,1-2H3. The number of rotatable bonds is 5. The summed E-state index contributed by atoms with van der Waals surface area (Å²) in [6.07, 6.45) is 0. The van der Waals surface area contributed by atoms with E-state index in [2.05, 4.69) is 5.32 Å². The number of ether oxygens (including phenoxy) is 1. The number of halogens is 3. The molecule has 0 amide bonds. The van der Waals surface area contributed by atoms with Crippen LogP contribution in [0.2, 0.25) is 10.0 Å². The number of methoxy groups -OCH3 is 1. The second-order valence-corrected chi connectivity index (χ2v) is 5.49. The Bertz CT molecular complexity index is 616. The van der Waals surface area contributed by atoms with Crippen LogP contribution in [0.1, 0.15) is 24.1 Å². The van der Waals surface area contributed by atoms with Gasteiger partial charge in [0.2, 0.25) is 0 Å². The Hall–Kier alpha value is -1.29. The molecule has 0 aliphatic carbocycles. The third kappa shape index (κ3) is 3.88. The minimum atomic E-state index is -0.464. The van der Waals surface area contributed by atoms with E-state index in [0.717, 1.165) is 11.3 Å². The number of benzene rings is 2. The first-order valence-corrected chi connectivity index (χ1v) is 7.28. The summed E-state index contributed by atoms with van der Waals surface area (Å²) in [4.78, 5) is 0. The number of hydrogen-bond donors (Lipinski definition) is 1. The lowest BCUT2D eigenvalue weighted by Crippen LogP contribution is -2.19. The molecular weight excluding hydrogens is 312 g/mol. The molecule has 0 fully saturated rings. The highest BCUT2D eigenvalue weighted by atomic mass is 35.5. The van der Waals surface area contributed by atoms with E-state index in [-0.39, 0.29) is 11.1 Å².